The van der Waals surface area contributed by atoms with Crippen LogP contribution in [0.3, 0.4) is 0 Å². The Bertz CT molecular complexity index is 498. The molecule has 0 aliphatic rings. The minimum absolute atomic E-state index is 0.199. The van der Waals surface area contributed by atoms with Crippen LogP contribution in [0, 0.1) is 16.2 Å². The van der Waals surface area contributed by atoms with Crippen molar-refractivity contribution in [1.29, 1.82) is 0 Å². The maximum atomic E-state index is 12.6. The quantitative estimate of drug-likeness (QED) is 0.196. The van der Waals surface area contributed by atoms with Gasteiger partial charge in [0.05, 0.1) is 24.0 Å². The molecule has 0 aromatic heterocycles. The van der Waals surface area contributed by atoms with Crippen LogP contribution in [-0.4, -0.2) is 38.2 Å². The molecule has 0 unspecified atom stereocenters. The van der Waals surface area contributed by atoms with Crippen LogP contribution >= 0.6 is 0 Å². The lowest BCUT2D eigenvalue weighted by Gasteiger charge is -2.52. The fourth-order valence-corrected chi connectivity index (χ4v) is 4.48. The number of amides is 2. The number of hydrogen-bond acceptors (Lipinski definition) is 4. The molecular formula is C27H54N2O4. The summed E-state index contributed by atoms with van der Waals surface area (Å²) in [6.45, 7) is 13.1. The molecule has 0 heterocycles. The number of hydrogen-bond donors (Lipinski definition) is 2. The Morgan fingerprint density at radius 2 is 0.879 bits per heavy atom. The molecule has 33 heavy (non-hydrogen) atoms. The van der Waals surface area contributed by atoms with Crippen molar-refractivity contribution in [2.45, 2.75) is 119 Å². The summed E-state index contributed by atoms with van der Waals surface area (Å²) < 4.78 is 12.2. The Kier molecular flexibility index (Phi) is 15.9. The highest BCUT2D eigenvalue weighted by Crippen LogP contribution is 2.52. The maximum absolute atomic E-state index is 12.6. The topological polar surface area (TPSA) is 105 Å². The summed E-state index contributed by atoms with van der Waals surface area (Å²) in [7, 11) is 0. The number of unbranched alkanes of at least 4 members (excludes halogenated alkanes) is 10. The number of carbonyl (C=O) groups excluding carboxylic acids is 2. The third-order valence-corrected chi connectivity index (χ3v) is 7.61. The second-order valence-electron chi connectivity index (χ2n) is 10.7. The largest absolute Gasteiger partial charge is 0.381 e. The first-order valence-electron chi connectivity index (χ1n) is 13.3. The molecule has 2 amide bonds. The fraction of sp³-hybridized carbons (Fsp3) is 0.926. The van der Waals surface area contributed by atoms with Crippen molar-refractivity contribution in [1.82, 2.24) is 0 Å². The molecule has 0 spiro atoms. The maximum Gasteiger partial charge on any atom is 0.223 e. The molecule has 6 nitrogen and oxygen atoms in total. The first-order chi connectivity index (χ1) is 15.5. The molecule has 0 radical (unpaired) electrons. The molecule has 0 rings (SSSR count). The van der Waals surface area contributed by atoms with Crippen molar-refractivity contribution >= 4 is 11.8 Å². The lowest BCUT2D eigenvalue weighted by atomic mass is 9.52. The molecule has 0 aromatic rings. The van der Waals surface area contributed by atoms with Gasteiger partial charge in [0.25, 0.3) is 0 Å². The number of rotatable bonds is 22. The smallest absolute Gasteiger partial charge is 0.223 e. The Labute approximate surface area is 203 Å². The normalized spacial score (nSPS) is 12.8. The molecule has 6 heteroatoms. The van der Waals surface area contributed by atoms with Gasteiger partial charge in [0.15, 0.2) is 0 Å². The predicted octanol–water partition coefficient (Wildman–Crippen LogP) is 5.75. The van der Waals surface area contributed by atoms with Crippen LogP contribution in [0.25, 0.3) is 0 Å². The number of nitrogens with two attached hydrogens (primary N) is 2. The molecule has 0 aliphatic heterocycles. The number of carbonyl (C=O) groups is 2. The zero-order valence-corrected chi connectivity index (χ0v) is 22.6. The predicted molar refractivity (Wildman–Crippen MR) is 137 cm³/mol. The fourth-order valence-electron chi connectivity index (χ4n) is 4.48. The van der Waals surface area contributed by atoms with Crippen molar-refractivity contribution in [2.24, 2.45) is 27.7 Å². The van der Waals surface area contributed by atoms with Crippen molar-refractivity contribution < 1.29 is 19.1 Å². The Hall–Kier alpha value is -1.14. The second kappa shape index (κ2) is 16.5. The van der Waals surface area contributed by atoms with Gasteiger partial charge in [-0.3, -0.25) is 9.59 Å². The van der Waals surface area contributed by atoms with E-state index in [1.807, 2.05) is 0 Å². The number of ether oxygens (including phenoxy) is 2. The van der Waals surface area contributed by atoms with Gasteiger partial charge in [-0.1, -0.05) is 106 Å². The first kappa shape index (κ1) is 31.9. The van der Waals surface area contributed by atoms with Gasteiger partial charge in [-0.2, -0.15) is 0 Å². The van der Waals surface area contributed by atoms with Gasteiger partial charge in [-0.15, -0.1) is 0 Å². The Morgan fingerprint density at radius 1 is 0.576 bits per heavy atom. The highest BCUT2D eigenvalue weighted by Gasteiger charge is 2.60. The standard InChI is InChI=1S/C27H54N2O4/c1-7-9-11-13-15-17-19-32-21-27(25(3,4)23(28)30,26(5,6)24(29)31)22-33-20-18-16-14-12-10-8-2/h7-22H2,1-6H3,(H2,28,30)(H2,29,31). The molecule has 4 N–H and O–H groups in total. The highest BCUT2D eigenvalue weighted by molar-refractivity contribution is 5.86. The summed E-state index contributed by atoms with van der Waals surface area (Å²) in [6.07, 6.45) is 14.0. The van der Waals surface area contributed by atoms with Crippen molar-refractivity contribution in [3.63, 3.8) is 0 Å². The molecular weight excluding hydrogens is 416 g/mol. The zero-order chi connectivity index (χ0) is 25.4. The van der Waals surface area contributed by atoms with E-state index in [2.05, 4.69) is 13.8 Å². The van der Waals surface area contributed by atoms with E-state index in [1.165, 1.54) is 51.4 Å². The molecule has 196 valence electrons. The van der Waals surface area contributed by atoms with Gasteiger partial charge in [0.1, 0.15) is 0 Å². The Morgan fingerprint density at radius 3 is 1.18 bits per heavy atom. The number of primary amides is 2. The van der Waals surface area contributed by atoms with E-state index in [1.54, 1.807) is 27.7 Å². The summed E-state index contributed by atoms with van der Waals surface area (Å²) in [5.74, 6) is -0.966. The van der Waals surface area contributed by atoms with Gasteiger partial charge < -0.3 is 20.9 Å². The van der Waals surface area contributed by atoms with Gasteiger partial charge in [-0.25, -0.2) is 0 Å². The molecule has 0 atom stereocenters. The van der Waals surface area contributed by atoms with Crippen molar-refractivity contribution in [3.05, 3.63) is 0 Å². The zero-order valence-electron chi connectivity index (χ0n) is 22.6. The molecule has 0 fully saturated rings. The summed E-state index contributed by atoms with van der Waals surface area (Å²) in [6, 6.07) is 0. The van der Waals surface area contributed by atoms with Crippen LogP contribution in [-0.2, 0) is 19.1 Å². The van der Waals surface area contributed by atoms with Gasteiger partial charge in [-0.05, 0) is 12.8 Å². The van der Waals surface area contributed by atoms with Crippen LogP contribution in [0.2, 0.25) is 0 Å². The highest BCUT2D eigenvalue weighted by atomic mass is 16.5. The average Bonchev–Trinajstić information content (AvgIpc) is 2.75. The van der Waals surface area contributed by atoms with Crippen molar-refractivity contribution in [2.75, 3.05) is 26.4 Å². The van der Waals surface area contributed by atoms with E-state index in [-0.39, 0.29) is 13.2 Å². The minimum Gasteiger partial charge on any atom is -0.381 e. The van der Waals surface area contributed by atoms with Gasteiger partial charge in [0.2, 0.25) is 11.8 Å². The lowest BCUT2D eigenvalue weighted by Crippen LogP contribution is -2.63. The molecule has 0 saturated carbocycles. The minimum atomic E-state index is -1.05. The van der Waals surface area contributed by atoms with E-state index < -0.39 is 28.1 Å². The van der Waals surface area contributed by atoms with Crippen LogP contribution in [0.4, 0.5) is 0 Å². The summed E-state index contributed by atoms with van der Waals surface area (Å²) >= 11 is 0. The van der Waals surface area contributed by atoms with Crippen molar-refractivity contribution in [3.8, 4) is 0 Å². The van der Waals surface area contributed by atoms with E-state index in [9.17, 15) is 9.59 Å². The van der Waals surface area contributed by atoms with Gasteiger partial charge in [0, 0.05) is 18.6 Å². The second-order valence-corrected chi connectivity index (χ2v) is 10.7. The van der Waals surface area contributed by atoms with E-state index >= 15 is 0 Å². The molecule has 0 aliphatic carbocycles. The monoisotopic (exact) mass is 470 g/mol. The third kappa shape index (κ3) is 9.94. The third-order valence-electron chi connectivity index (χ3n) is 7.61. The lowest BCUT2D eigenvalue weighted by molar-refractivity contribution is -0.176. The average molecular weight is 471 g/mol. The molecule has 0 saturated heterocycles. The SMILES string of the molecule is CCCCCCCCOCC(COCCCCCCCC)(C(C)(C)C(N)=O)C(C)(C)C(N)=O. The van der Waals surface area contributed by atoms with Crippen LogP contribution in [0.1, 0.15) is 119 Å². The van der Waals surface area contributed by atoms with E-state index in [0.29, 0.717) is 13.2 Å². The molecule has 0 bridgehead atoms. The van der Waals surface area contributed by atoms with Crippen LogP contribution in [0.15, 0.2) is 0 Å². The van der Waals surface area contributed by atoms with Gasteiger partial charge >= 0.3 is 0 Å². The first-order valence-corrected chi connectivity index (χ1v) is 13.3. The summed E-state index contributed by atoms with van der Waals surface area (Å²) in [5, 5.41) is 0. The van der Waals surface area contributed by atoms with Crippen LogP contribution < -0.4 is 11.5 Å². The van der Waals surface area contributed by atoms with E-state index in [4.69, 9.17) is 20.9 Å². The summed E-state index contributed by atoms with van der Waals surface area (Å²) in [5.41, 5.74) is 8.63. The van der Waals surface area contributed by atoms with E-state index in [0.717, 1.165) is 25.7 Å². The van der Waals surface area contributed by atoms with Crippen LogP contribution in [0.5, 0.6) is 0 Å². The Balaban J connectivity index is 5.26. The molecule has 0 aromatic carbocycles. The summed E-state index contributed by atoms with van der Waals surface area (Å²) in [4.78, 5) is 25.1.